The van der Waals surface area contributed by atoms with Gasteiger partial charge in [0.1, 0.15) is 5.75 Å². The Bertz CT molecular complexity index is 884. The van der Waals surface area contributed by atoms with Gasteiger partial charge in [-0.05, 0) is 17.7 Å². The number of hydrogen-bond acceptors (Lipinski definition) is 6. The van der Waals surface area contributed by atoms with Gasteiger partial charge in [0.05, 0.1) is 28.6 Å². The highest BCUT2D eigenvalue weighted by Crippen LogP contribution is 2.29. The van der Waals surface area contributed by atoms with Gasteiger partial charge in [0.25, 0.3) is 11.4 Å². The zero-order valence-electron chi connectivity index (χ0n) is 12.5. The van der Waals surface area contributed by atoms with Gasteiger partial charge in [0.2, 0.25) is 0 Å². The van der Waals surface area contributed by atoms with Gasteiger partial charge >= 0.3 is 0 Å². The van der Waals surface area contributed by atoms with Crippen LogP contribution in [0.25, 0.3) is 11.6 Å². The molecule has 0 saturated carbocycles. The Labute approximate surface area is 136 Å². The van der Waals surface area contributed by atoms with Crippen LogP contribution in [0.2, 0.25) is 0 Å². The fraction of sp³-hybridized carbons (Fsp3) is 0.0625. The summed E-state index contributed by atoms with van der Waals surface area (Å²) in [5, 5.41) is 31.1. The number of rotatable bonds is 5. The lowest BCUT2D eigenvalue weighted by Crippen LogP contribution is -1.93. The van der Waals surface area contributed by atoms with E-state index in [1.54, 1.807) is 6.07 Å². The van der Waals surface area contributed by atoms with Gasteiger partial charge in [-0.25, -0.2) is 0 Å². The molecule has 0 aromatic heterocycles. The van der Waals surface area contributed by atoms with Gasteiger partial charge in [-0.2, -0.15) is 5.26 Å². The maximum Gasteiger partial charge on any atom is 0.270 e. The maximum atomic E-state index is 10.9. The molecule has 0 atom stereocenters. The second-order valence-corrected chi connectivity index (χ2v) is 4.66. The van der Waals surface area contributed by atoms with Gasteiger partial charge < -0.3 is 4.74 Å². The van der Waals surface area contributed by atoms with E-state index in [0.29, 0.717) is 16.9 Å². The van der Waals surface area contributed by atoms with E-state index >= 15 is 0 Å². The monoisotopic (exact) mass is 325 g/mol. The molecule has 0 fully saturated rings. The predicted molar refractivity (Wildman–Crippen MR) is 86.2 cm³/mol. The molecule has 0 amide bonds. The Hall–Kier alpha value is -3.73. The highest BCUT2D eigenvalue weighted by molar-refractivity contribution is 5.91. The second kappa shape index (κ2) is 7.02. The first-order valence-corrected chi connectivity index (χ1v) is 6.65. The molecule has 2 aromatic rings. The van der Waals surface area contributed by atoms with E-state index in [9.17, 15) is 25.5 Å². The van der Waals surface area contributed by atoms with Crippen molar-refractivity contribution in [1.82, 2.24) is 0 Å². The van der Waals surface area contributed by atoms with Gasteiger partial charge in [0, 0.05) is 29.8 Å². The molecular weight excluding hydrogens is 314 g/mol. The highest BCUT2D eigenvalue weighted by Gasteiger charge is 2.13. The molecule has 120 valence electrons. The standard InChI is InChI=1S/C16H11N3O5/c1-24-16-6-5-15(19(22)23)9-12(16)7-13(10-17)11-3-2-4-14(8-11)18(20)21/h2-9H,1H3/b13-7-. The summed E-state index contributed by atoms with van der Waals surface area (Å²) in [6, 6.07) is 11.5. The molecule has 0 spiro atoms. The van der Waals surface area contributed by atoms with E-state index in [1.807, 2.05) is 6.07 Å². The zero-order chi connectivity index (χ0) is 17.7. The van der Waals surface area contributed by atoms with Crippen LogP contribution in [-0.4, -0.2) is 17.0 Å². The summed E-state index contributed by atoms with van der Waals surface area (Å²) in [7, 11) is 1.40. The molecule has 0 radical (unpaired) electrons. The van der Waals surface area contributed by atoms with Crippen LogP contribution in [0.15, 0.2) is 42.5 Å². The maximum absolute atomic E-state index is 10.9. The Morgan fingerprint density at radius 2 is 1.79 bits per heavy atom. The number of hydrogen-bond donors (Lipinski definition) is 0. The van der Waals surface area contributed by atoms with Crippen molar-refractivity contribution in [3.8, 4) is 11.8 Å². The minimum atomic E-state index is -0.563. The van der Waals surface area contributed by atoms with Crippen LogP contribution in [0.1, 0.15) is 11.1 Å². The van der Waals surface area contributed by atoms with Crippen LogP contribution in [0, 0.1) is 31.6 Å². The minimum Gasteiger partial charge on any atom is -0.496 e. The van der Waals surface area contributed by atoms with Crippen molar-refractivity contribution in [2.45, 2.75) is 0 Å². The van der Waals surface area contributed by atoms with Gasteiger partial charge in [-0.3, -0.25) is 20.2 Å². The minimum absolute atomic E-state index is 0.123. The second-order valence-electron chi connectivity index (χ2n) is 4.66. The normalized spacial score (nSPS) is 10.8. The Balaban J connectivity index is 2.57. The van der Waals surface area contributed by atoms with Crippen LogP contribution >= 0.6 is 0 Å². The average molecular weight is 325 g/mol. The summed E-state index contributed by atoms with van der Waals surface area (Å²) in [6.45, 7) is 0. The lowest BCUT2D eigenvalue weighted by Gasteiger charge is -2.06. The molecule has 8 nitrogen and oxygen atoms in total. The average Bonchev–Trinajstić information content (AvgIpc) is 2.59. The molecule has 8 heteroatoms. The van der Waals surface area contributed by atoms with Crippen LogP contribution in [-0.2, 0) is 0 Å². The lowest BCUT2D eigenvalue weighted by atomic mass is 10.0. The number of ether oxygens (including phenoxy) is 1. The number of nitriles is 1. The third-order valence-corrected chi connectivity index (χ3v) is 3.21. The van der Waals surface area contributed by atoms with Gasteiger partial charge in [-0.1, -0.05) is 12.1 Å². The summed E-state index contributed by atoms with van der Waals surface area (Å²) in [4.78, 5) is 20.6. The van der Waals surface area contributed by atoms with E-state index in [4.69, 9.17) is 4.74 Å². The van der Waals surface area contributed by atoms with Crippen molar-refractivity contribution in [2.24, 2.45) is 0 Å². The molecule has 0 bridgehead atoms. The number of nitrogens with zero attached hydrogens (tertiary/aromatic N) is 3. The number of nitro groups is 2. The number of benzene rings is 2. The number of allylic oxidation sites excluding steroid dienone is 1. The summed E-state index contributed by atoms with van der Waals surface area (Å²) >= 11 is 0. The van der Waals surface area contributed by atoms with Crippen LogP contribution < -0.4 is 4.74 Å². The van der Waals surface area contributed by atoms with E-state index in [2.05, 4.69) is 0 Å². The molecule has 0 unspecified atom stereocenters. The Morgan fingerprint density at radius 3 is 2.38 bits per heavy atom. The Kier molecular flexibility index (Phi) is 4.87. The number of nitro benzene ring substituents is 2. The fourth-order valence-electron chi connectivity index (χ4n) is 2.07. The zero-order valence-corrected chi connectivity index (χ0v) is 12.5. The third-order valence-electron chi connectivity index (χ3n) is 3.21. The number of non-ortho nitro benzene ring substituents is 2. The van der Waals surface area contributed by atoms with E-state index in [1.165, 1.54) is 49.6 Å². The first kappa shape index (κ1) is 16.6. The van der Waals surface area contributed by atoms with Crippen molar-refractivity contribution in [1.29, 1.82) is 5.26 Å². The van der Waals surface area contributed by atoms with Crippen molar-refractivity contribution in [3.05, 3.63) is 73.8 Å². The molecule has 0 saturated heterocycles. The molecule has 2 aromatic carbocycles. The number of methoxy groups -OCH3 is 1. The van der Waals surface area contributed by atoms with E-state index in [-0.39, 0.29) is 16.9 Å². The fourth-order valence-corrected chi connectivity index (χ4v) is 2.07. The highest BCUT2D eigenvalue weighted by atomic mass is 16.6. The molecule has 0 heterocycles. The quantitative estimate of drug-likeness (QED) is 0.358. The SMILES string of the molecule is COc1ccc([N+](=O)[O-])cc1/C=C(/C#N)c1cccc([N+](=O)[O-])c1. The summed E-state index contributed by atoms with van der Waals surface area (Å²) in [5.41, 5.74) is 0.477. The van der Waals surface area contributed by atoms with Crippen molar-refractivity contribution < 1.29 is 14.6 Å². The molecular formula is C16H11N3O5. The molecule has 2 rings (SSSR count). The van der Waals surface area contributed by atoms with E-state index in [0.717, 1.165) is 0 Å². The summed E-state index contributed by atoms with van der Waals surface area (Å²) in [5.74, 6) is 0.346. The largest absolute Gasteiger partial charge is 0.496 e. The summed E-state index contributed by atoms with van der Waals surface area (Å²) < 4.78 is 5.14. The predicted octanol–water partition coefficient (Wildman–Crippen LogP) is 3.58. The smallest absolute Gasteiger partial charge is 0.270 e. The lowest BCUT2D eigenvalue weighted by molar-refractivity contribution is -0.385. The Morgan fingerprint density at radius 1 is 1.12 bits per heavy atom. The first-order valence-electron chi connectivity index (χ1n) is 6.65. The van der Waals surface area contributed by atoms with Crippen LogP contribution in [0.4, 0.5) is 11.4 Å². The van der Waals surface area contributed by atoms with Crippen LogP contribution in [0.3, 0.4) is 0 Å². The van der Waals surface area contributed by atoms with Crippen molar-refractivity contribution >= 4 is 23.0 Å². The van der Waals surface area contributed by atoms with Crippen molar-refractivity contribution in [3.63, 3.8) is 0 Å². The molecule has 0 N–H and O–H groups in total. The third kappa shape index (κ3) is 3.53. The van der Waals surface area contributed by atoms with Gasteiger partial charge in [0.15, 0.2) is 0 Å². The van der Waals surface area contributed by atoms with Crippen molar-refractivity contribution in [2.75, 3.05) is 7.11 Å². The van der Waals surface area contributed by atoms with Gasteiger partial charge in [-0.15, -0.1) is 0 Å². The summed E-state index contributed by atoms with van der Waals surface area (Å²) in [6.07, 6.45) is 1.39. The molecule has 0 aliphatic carbocycles. The topological polar surface area (TPSA) is 119 Å². The molecule has 24 heavy (non-hydrogen) atoms. The molecule has 0 aliphatic heterocycles. The molecule has 0 aliphatic rings. The van der Waals surface area contributed by atoms with Crippen LogP contribution in [0.5, 0.6) is 5.75 Å². The first-order chi connectivity index (χ1) is 11.5. The van der Waals surface area contributed by atoms with E-state index < -0.39 is 9.85 Å².